The summed E-state index contributed by atoms with van der Waals surface area (Å²) in [5.41, 5.74) is 2.19. The molecule has 2 amide bonds. The summed E-state index contributed by atoms with van der Waals surface area (Å²) in [4.78, 5) is 23.5. The van der Waals surface area contributed by atoms with Gasteiger partial charge in [0.15, 0.2) is 0 Å². The van der Waals surface area contributed by atoms with E-state index in [4.69, 9.17) is 4.74 Å². The fourth-order valence-corrected chi connectivity index (χ4v) is 2.57. The largest absolute Gasteiger partial charge is 0.493 e. The molecular formula is C17H15BrN2O3. The first-order valence-corrected chi connectivity index (χ1v) is 8.00. The lowest BCUT2D eigenvalue weighted by molar-refractivity contribution is -0.116. The van der Waals surface area contributed by atoms with Crippen molar-refractivity contribution < 1.29 is 14.3 Å². The molecule has 0 radical (unpaired) electrons. The molecule has 3 rings (SSSR count). The average molecular weight is 375 g/mol. The number of nitrogens with one attached hydrogen (secondary N) is 2. The third-order valence-corrected chi connectivity index (χ3v) is 4.02. The number of carbonyl (C=O) groups is 2. The highest BCUT2D eigenvalue weighted by atomic mass is 79.9. The number of halogens is 1. The Labute approximate surface area is 142 Å². The highest BCUT2D eigenvalue weighted by Gasteiger charge is 2.18. The maximum atomic E-state index is 11.9. The van der Waals surface area contributed by atoms with Crippen LogP contribution in [0.25, 0.3) is 0 Å². The molecule has 0 unspecified atom stereocenters. The smallest absolute Gasteiger partial charge is 0.251 e. The van der Waals surface area contributed by atoms with Crippen LogP contribution in [0.1, 0.15) is 22.3 Å². The van der Waals surface area contributed by atoms with Gasteiger partial charge >= 0.3 is 0 Å². The maximum Gasteiger partial charge on any atom is 0.251 e. The molecule has 0 spiro atoms. The van der Waals surface area contributed by atoms with Gasteiger partial charge in [-0.05, 0) is 42.0 Å². The van der Waals surface area contributed by atoms with Crippen LogP contribution in [0.4, 0.5) is 5.69 Å². The molecule has 0 aromatic heterocycles. The maximum absolute atomic E-state index is 11.9. The topological polar surface area (TPSA) is 67.4 Å². The number of ether oxygens (including phenoxy) is 1. The number of benzene rings is 2. The number of hydrogen-bond donors (Lipinski definition) is 2. The molecule has 2 aromatic rings. The standard InChI is InChI=1S/C17H15BrN2O3/c18-12-2-5-14(6-3-12)23-8-7-16(21)20-13-4-1-11-10-19-17(22)15(11)9-13/h1-6,9H,7-8,10H2,(H,19,22)(H,20,21). The Hall–Kier alpha value is -2.34. The molecule has 23 heavy (non-hydrogen) atoms. The zero-order valence-electron chi connectivity index (χ0n) is 12.3. The molecule has 0 atom stereocenters. The summed E-state index contributed by atoms with van der Waals surface area (Å²) in [5.74, 6) is 0.463. The summed E-state index contributed by atoms with van der Waals surface area (Å²) in [6.07, 6.45) is 0.235. The highest BCUT2D eigenvalue weighted by molar-refractivity contribution is 9.10. The number of rotatable bonds is 5. The van der Waals surface area contributed by atoms with Crippen molar-refractivity contribution in [2.75, 3.05) is 11.9 Å². The predicted molar refractivity (Wildman–Crippen MR) is 90.5 cm³/mol. The first kappa shape index (κ1) is 15.6. The molecule has 2 aromatic carbocycles. The second-order valence-electron chi connectivity index (χ2n) is 5.16. The van der Waals surface area contributed by atoms with Gasteiger partial charge < -0.3 is 15.4 Å². The molecule has 1 aliphatic rings. The molecule has 0 fully saturated rings. The van der Waals surface area contributed by atoms with Crippen LogP contribution in [0.15, 0.2) is 46.9 Å². The van der Waals surface area contributed by atoms with E-state index >= 15 is 0 Å². The summed E-state index contributed by atoms with van der Waals surface area (Å²) < 4.78 is 6.49. The quantitative estimate of drug-likeness (QED) is 0.844. The van der Waals surface area contributed by atoms with Crippen LogP contribution in [0.3, 0.4) is 0 Å². The molecule has 0 saturated carbocycles. The molecule has 5 nitrogen and oxygen atoms in total. The zero-order chi connectivity index (χ0) is 16.2. The molecule has 6 heteroatoms. The van der Waals surface area contributed by atoms with Crippen LogP contribution in [0.5, 0.6) is 5.75 Å². The van der Waals surface area contributed by atoms with Crippen molar-refractivity contribution in [1.82, 2.24) is 5.32 Å². The third kappa shape index (κ3) is 3.90. The summed E-state index contributed by atoms with van der Waals surface area (Å²) in [5, 5.41) is 5.53. The number of fused-ring (bicyclic) bond motifs is 1. The minimum Gasteiger partial charge on any atom is -0.493 e. The lowest BCUT2D eigenvalue weighted by atomic mass is 10.1. The first-order valence-electron chi connectivity index (χ1n) is 7.21. The second kappa shape index (κ2) is 6.83. The minimum atomic E-state index is -0.152. The van der Waals surface area contributed by atoms with Crippen molar-refractivity contribution in [3.63, 3.8) is 0 Å². The normalized spacial score (nSPS) is 12.5. The number of hydrogen-bond acceptors (Lipinski definition) is 3. The van der Waals surface area contributed by atoms with Gasteiger partial charge in [-0.15, -0.1) is 0 Å². The number of anilines is 1. The zero-order valence-corrected chi connectivity index (χ0v) is 13.9. The SMILES string of the molecule is O=C(CCOc1ccc(Br)cc1)Nc1ccc2c(c1)C(=O)NC2. The van der Waals surface area contributed by atoms with Crippen LogP contribution < -0.4 is 15.4 Å². The molecule has 0 bridgehead atoms. The Morgan fingerprint density at radius 2 is 2.00 bits per heavy atom. The van der Waals surface area contributed by atoms with Crippen molar-refractivity contribution in [2.45, 2.75) is 13.0 Å². The van der Waals surface area contributed by atoms with E-state index in [2.05, 4.69) is 26.6 Å². The van der Waals surface area contributed by atoms with E-state index in [9.17, 15) is 9.59 Å². The fourth-order valence-electron chi connectivity index (χ4n) is 2.31. The lowest BCUT2D eigenvalue weighted by Gasteiger charge is -2.08. The highest BCUT2D eigenvalue weighted by Crippen LogP contribution is 2.20. The Balaban J connectivity index is 1.51. The molecule has 1 aliphatic heterocycles. The summed E-state index contributed by atoms with van der Waals surface area (Å²) >= 11 is 3.35. The van der Waals surface area contributed by atoms with Crippen molar-refractivity contribution in [1.29, 1.82) is 0 Å². The van der Waals surface area contributed by atoms with E-state index in [1.165, 1.54) is 0 Å². The lowest BCUT2D eigenvalue weighted by Crippen LogP contribution is -2.16. The summed E-state index contributed by atoms with van der Waals surface area (Å²) in [7, 11) is 0. The third-order valence-electron chi connectivity index (χ3n) is 3.49. The Kier molecular flexibility index (Phi) is 4.62. The van der Waals surface area contributed by atoms with E-state index in [0.29, 0.717) is 24.4 Å². The first-order chi connectivity index (χ1) is 11.1. The van der Waals surface area contributed by atoms with Crippen LogP contribution >= 0.6 is 15.9 Å². The molecule has 118 valence electrons. The van der Waals surface area contributed by atoms with Gasteiger partial charge in [0.1, 0.15) is 5.75 Å². The molecule has 0 aliphatic carbocycles. The van der Waals surface area contributed by atoms with Crippen molar-refractivity contribution >= 4 is 33.4 Å². The van der Waals surface area contributed by atoms with Crippen LogP contribution in [0, 0.1) is 0 Å². The van der Waals surface area contributed by atoms with Crippen LogP contribution in [-0.4, -0.2) is 18.4 Å². The predicted octanol–water partition coefficient (Wildman–Crippen LogP) is 3.10. The number of carbonyl (C=O) groups excluding carboxylic acids is 2. The summed E-state index contributed by atoms with van der Waals surface area (Å²) in [6.45, 7) is 0.836. The van der Waals surface area contributed by atoms with Crippen LogP contribution in [0.2, 0.25) is 0 Å². The van der Waals surface area contributed by atoms with Crippen LogP contribution in [-0.2, 0) is 11.3 Å². The van der Waals surface area contributed by atoms with E-state index in [0.717, 1.165) is 15.8 Å². The molecule has 0 saturated heterocycles. The second-order valence-corrected chi connectivity index (χ2v) is 6.07. The van der Waals surface area contributed by atoms with Crippen molar-refractivity contribution in [2.24, 2.45) is 0 Å². The fraction of sp³-hybridized carbons (Fsp3) is 0.176. The van der Waals surface area contributed by atoms with Gasteiger partial charge in [-0.1, -0.05) is 22.0 Å². The van der Waals surface area contributed by atoms with E-state index < -0.39 is 0 Å². The molecule has 2 N–H and O–H groups in total. The van der Waals surface area contributed by atoms with E-state index in [1.807, 2.05) is 30.3 Å². The van der Waals surface area contributed by atoms with Gasteiger partial charge in [0, 0.05) is 22.3 Å². The van der Waals surface area contributed by atoms with Gasteiger partial charge in [-0.3, -0.25) is 9.59 Å². The van der Waals surface area contributed by atoms with Gasteiger partial charge in [0.05, 0.1) is 13.0 Å². The minimum absolute atomic E-state index is 0.102. The average Bonchev–Trinajstić information content (AvgIpc) is 2.90. The molecular weight excluding hydrogens is 360 g/mol. The Morgan fingerprint density at radius 3 is 2.78 bits per heavy atom. The van der Waals surface area contributed by atoms with Crippen molar-refractivity contribution in [3.05, 3.63) is 58.1 Å². The Bertz CT molecular complexity index is 744. The van der Waals surface area contributed by atoms with Gasteiger partial charge in [-0.25, -0.2) is 0 Å². The van der Waals surface area contributed by atoms with E-state index in [-0.39, 0.29) is 18.2 Å². The Morgan fingerprint density at radius 1 is 1.22 bits per heavy atom. The van der Waals surface area contributed by atoms with Crippen molar-refractivity contribution in [3.8, 4) is 5.75 Å². The van der Waals surface area contributed by atoms with Gasteiger partial charge in [-0.2, -0.15) is 0 Å². The summed E-state index contributed by atoms with van der Waals surface area (Å²) in [6, 6.07) is 12.8. The van der Waals surface area contributed by atoms with Gasteiger partial charge in [0.2, 0.25) is 5.91 Å². The number of amides is 2. The van der Waals surface area contributed by atoms with Gasteiger partial charge in [0.25, 0.3) is 5.91 Å². The van der Waals surface area contributed by atoms with E-state index in [1.54, 1.807) is 12.1 Å². The molecule has 1 heterocycles. The monoisotopic (exact) mass is 374 g/mol.